The summed E-state index contributed by atoms with van der Waals surface area (Å²) in [6, 6.07) is 0. The first kappa shape index (κ1) is 24.1. The van der Waals surface area contributed by atoms with Gasteiger partial charge in [-0.2, -0.15) is 8.42 Å². The fourth-order valence-corrected chi connectivity index (χ4v) is 2.91. The summed E-state index contributed by atoms with van der Waals surface area (Å²) in [5.41, 5.74) is 0. The molecular weight excluding hydrogens is 340 g/mol. The first-order chi connectivity index (χ1) is 12.0. The van der Waals surface area contributed by atoms with Gasteiger partial charge in [-0.15, -0.1) is 0 Å². The zero-order chi connectivity index (χ0) is 18.8. The summed E-state index contributed by atoms with van der Waals surface area (Å²) >= 11 is 0. The SMILES string of the molecule is CCCCCCCC/C=C\CCCCCCCC(=O)OS(=O)(=O)OC. The Morgan fingerprint density at radius 2 is 1.28 bits per heavy atom. The number of rotatable bonds is 17. The molecule has 0 amide bonds. The van der Waals surface area contributed by atoms with E-state index in [1.807, 2.05) is 0 Å². The largest absolute Gasteiger partial charge is 0.451 e. The Morgan fingerprint density at radius 1 is 0.800 bits per heavy atom. The second-order valence-corrected chi connectivity index (χ2v) is 7.68. The van der Waals surface area contributed by atoms with Crippen LogP contribution < -0.4 is 0 Å². The average Bonchev–Trinajstić information content (AvgIpc) is 2.58. The highest BCUT2D eigenvalue weighted by Gasteiger charge is 2.15. The lowest BCUT2D eigenvalue weighted by Crippen LogP contribution is -2.13. The van der Waals surface area contributed by atoms with Crippen LogP contribution in [-0.4, -0.2) is 21.5 Å². The zero-order valence-corrected chi connectivity index (χ0v) is 16.8. The molecule has 0 aliphatic heterocycles. The zero-order valence-electron chi connectivity index (χ0n) is 16.0. The number of unbranched alkanes of at least 4 members (excludes halogenated alkanes) is 11. The van der Waals surface area contributed by atoms with E-state index >= 15 is 0 Å². The molecule has 5 nitrogen and oxygen atoms in total. The van der Waals surface area contributed by atoms with Crippen molar-refractivity contribution >= 4 is 16.4 Å². The van der Waals surface area contributed by atoms with E-state index in [-0.39, 0.29) is 6.42 Å². The Morgan fingerprint density at radius 3 is 1.80 bits per heavy atom. The van der Waals surface area contributed by atoms with Gasteiger partial charge in [0.1, 0.15) is 0 Å². The summed E-state index contributed by atoms with van der Waals surface area (Å²) in [6.45, 7) is 2.24. The predicted molar refractivity (Wildman–Crippen MR) is 101 cm³/mol. The molecule has 0 saturated carbocycles. The first-order valence-electron chi connectivity index (χ1n) is 9.69. The van der Waals surface area contributed by atoms with Crippen LogP contribution in [0.15, 0.2) is 12.2 Å². The van der Waals surface area contributed by atoms with Crippen LogP contribution in [0.25, 0.3) is 0 Å². The lowest BCUT2D eigenvalue weighted by Gasteiger charge is -2.03. The van der Waals surface area contributed by atoms with Gasteiger partial charge >= 0.3 is 16.4 Å². The van der Waals surface area contributed by atoms with Gasteiger partial charge < -0.3 is 4.18 Å². The van der Waals surface area contributed by atoms with E-state index in [0.29, 0.717) is 6.42 Å². The van der Waals surface area contributed by atoms with Crippen LogP contribution in [0, 0.1) is 0 Å². The van der Waals surface area contributed by atoms with Crippen molar-refractivity contribution in [3.05, 3.63) is 12.2 Å². The van der Waals surface area contributed by atoms with Gasteiger partial charge in [0.05, 0.1) is 7.11 Å². The maximum absolute atomic E-state index is 11.3. The van der Waals surface area contributed by atoms with Gasteiger partial charge in [-0.05, 0) is 32.1 Å². The van der Waals surface area contributed by atoms with Crippen molar-refractivity contribution in [2.45, 2.75) is 96.8 Å². The quantitative estimate of drug-likeness (QED) is 0.249. The Labute approximate surface area is 154 Å². The Kier molecular flexibility index (Phi) is 16.0. The predicted octanol–water partition coefficient (Wildman–Crippen LogP) is 5.46. The molecule has 0 aromatic carbocycles. The molecule has 148 valence electrons. The molecule has 0 saturated heterocycles. The molecule has 0 aromatic heterocycles. The minimum absolute atomic E-state index is 0.112. The fraction of sp³-hybridized carbons (Fsp3) is 0.842. The third-order valence-corrected chi connectivity index (χ3v) is 4.84. The molecule has 0 rings (SSSR count). The first-order valence-corrected chi connectivity index (χ1v) is 11.0. The lowest BCUT2D eigenvalue weighted by atomic mass is 10.1. The smallest absolute Gasteiger partial charge is 0.325 e. The highest BCUT2D eigenvalue weighted by molar-refractivity contribution is 7.82. The van der Waals surface area contributed by atoms with Gasteiger partial charge in [0, 0.05) is 6.42 Å². The van der Waals surface area contributed by atoms with Gasteiger partial charge in [0.15, 0.2) is 0 Å². The van der Waals surface area contributed by atoms with Gasteiger partial charge in [-0.25, -0.2) is 4.18 Å². The summed E-state index contributed by atoms with van der Waals surface area (Å²) in [7, 11) is -3.18. The van der Waals surface area contributed by atoms with E-state index in [9.17, 15) is 13.2 Å². The minimum atomic E-state index is -4.15. The monoisotopic (exact) mass is 376 g/mol. The van der Waals surface area contributed by atoms with E-state index in [0.717, 1.165) is 39.2 Å². The van der Waals surface area contributed by atoms with Crippen LogP contribution >= 0.6 is 0 Å². The molecule has 6 heteroatoms. The van der Waals surface area contributed by atoms with Crippen LogP contribution in [0.5, 0.6) is 0 Å². The Bertz CT molecular complexity index is 443. The fourth-order valence-electron chi connectivity index (χ4n) is 2.53. The minimum Gasteiger partial charge on any atom is -0.325 e. The van der Waals surface area contributed by atoms with Crippen LogP contribution in [-0.2, 0) is 23.6 Å². The van der Waals surface area contributed by atoms with Crippen LogP contribution in [0.1, 0.15) is 96.8 Å². The van der Waals surface area contributed by atoms with Crippen molar-refractivity contribution in [1.82, 2.24) is 0 Å². The lowest BCUT2D eigenvalue weighted by molar-refractivity contribution is -0.134. The van der Waals surface area contributed by atoms with Crippen molar-refractivity contribution in [2.24, 2.45) is 0 Å². The van der Waals surface area contributed by atoms with Gasteiger partial charge in [0.2, 0.25) is 0 Å². The molecule has 0 bridgehead atoms. The van der Waals surface area contributed by atoms with Crippen LogP contribution in [0.4, 0.5) is 0 Å². The standard InChI is InChI=1S/C19H36O5S/c1-3-4-5-6-7-8-9-10-11-12-13-14-15-16-17-18-19(20)24-25(21,22)23-2/h10-11H,3-9,12-18H2,1-2H3/b11-10-. The normalized spacial score (nSPS) is 11.9. The summed E-state index contributed by atoms with van der Waals surface area (Å²) < 4.78 is 30.1. The highest BCUT2D eigenvalue weighted by Crippen LogP contribution is 2.10. The molecule has 0 unspecified atom stereocenters. The van der Waals surface area contributed by atoms with Crippen LogP contribution in [0.2, 0.25) is 0 Å². The molecular formula is C19H36O5S. The van der Waals surface area contributed by atoms with E-state index in [1.54, 1.807) is 0 Å². The van der Waals surface area contributed by atoms with Gasteiger partial charge in [-0.3, -0.25) is 4.79 Å². The van der Waals surface area contributed by atoms with Crippen molar-refractivity contribution in [3.63, 3.8) is 0 Å². The number of allylic oxidation sites excluding steroid dienone is 2. The average molecular weight is 377 g/mol. The van der Waals surface area contributed by atoms with Crippen molar-refractivity contribution in [2.75, 3.05) is 7.11 Å². The molecule has 0 fully saturated rings. The number of hydrogen-bond donors (Lipinski definition) is 0. The van der Waals surface area contributed by atoms with E-state index < -0.39 is 16.4 Å². The molecule has 0 N–H and O–H groups in total. The molecule has 0 aromatic rings. The summed E-state index contributed by atoms with van der Waals surface area (Å²) in [5, 5.41) is 0. The molecule has 25 heavy (non-hydrogen) atoms. The molecule has 0 spiro atoms. The molecule has 0 radical (unpaired) electrons. The van der Waals surface area contributed by atoms with Gasteiger partial charge in [0.25, 0.3) is 0 Å². The van der Waals surface area contributed by atoms with Gasteiger partial charge in [-0.1, -0.05) is 70.4 Å². The highest BCUT2D eigenvalue weighted by atomic mass is 32.3. The number of carbonyl (C=O) groups is 1. The Hall–Kier alpha value is -0.880. The molecule has 0 atom stereocenters. The topological polar surface area (TPSA) is 69.7 Å². The summed E-state index contributed by atoms with van der Waals surface area (Å²) in [5.74, 6) is -0.750. The maximum Gasteiger partial charge on any atom is 0.451 e. The summed E-state index contributed by atoms with van der Waals surface area (Å²) in [6.07, 6.45) is 19.9. The molecule has 0 aliphatic rings. The van der Waals surface area contributed by atoms with E-state index in [1.165, 1.54) is 44.9 Å². The third-order valence-electron chi connectivity index (χ3n) is 4.04. The van der Waals surface area contributed by atoms with E-state index in [2.05, 4.69) is 27.4 Å². The van der Waals surface area contributed by atoms with Crippen molar-refractivity contribution in [1.29, 1.82) is 0 Å². The Balaban J connectivity index is 3.33. The third kappa shape index (κ3) is 17.7. The van der Waals surface area contributed by atoms with Crippen molar-refractivity contribution < 1.29 is 21.6 Å². The second-order valence-electron chi connectivity index (χ2n) is 6.36. The number of hydrogen-bond acceptors (Lipinski definition) is 5. The molecule has 0 heterocycles. The maximum atomic E-state index is 11.3. The molecule has 0 aliphatic carbocycles. The second kappa shape index (κ2) is 16.6. The number of carbonyl (C=O) groups excluding carboxylic acids is 1. The van der Waals surface area contributed by atoms with Crippen molar-refractivity contribution in [3.8, 4) is 0 Å². The van der Waals surface area contributed by atoms with E-state index in [4.69, 9.17) is 0 Å². The van der Waals surface area contributed by atoms with Crippen LogP contribution in [0.3, 0.4) is 0 Å². The summed E-state index contributed by atoms with van der Waals surface area (Å²) in [4.78, 5) is 11.3.